The van der Waals surface area contributed by atoms with Gasteiger partial charge in [0.1, 0.15) is 6.04 Å². The minimum Gasteiger partial charge on any atom is -0.493 e. The fourth-order valence-electron chi connectivity index (χ4n) is 3.93. The molecule has 3 rings (SSSR count). The molecule has 0 aromatic heterocycles. The zero-order valence-corrected chi connectivity index (χ0v) is 19.0. The molecule has 1 aliphatic heterocycles. The van der Waals surface area contributed by atoms with E-state index in [1.807, 2.05) is 12.1 Å². The Balaban J connectivity index is 1.66. The number of amides is 1. The molecule has 1 unspecified atom stereocenters. The Bertz CT molecular complexity index is 1040. The molecule has 176 valence electrons. The number of nitrogens with zero attached hydrogens (tertiary/aromatic N) is 2. The average molecular weight is 456 g/mol. The maximum absolute atomic E-state index is 13.1. The lowest BCUT2D eigenvalue weighted by Crippen LogP contribution is -2.48. The number of piperidine rings is 1. The Hall–Kier alpha value is -3.62. The van der Waals surface area contributed by atoms with Crippen molar-refractivity contribution < 1.29 is 28.7 Å². The molecule has 0 aliphatic carbocycles. The smallest absolute Gasteiger partial charge is 0.328 e. The molecule has 2 aromatic rings. The molecule has 0 spiro atoms. The first-order chi connectivity index (χ1) is 15.8. The van der Waals surface area contributed by atoms with Crippen LogP contribution >= 0.6 is 0 Å². The Labute approximate surface area is 192 Å². The number of likely N-dealkylation sites (tertiary alicyclic amines) is 1. The first-order valence-corrected chi connectivity index (χ1v) is 10.8. The standard InChI is InChI=1S/C24H28N2O7/c1-16-7-9-18(15-20(16)26(29)30)23(27)25-12-5-4-6-19(25)24(28)33-13-11-17-8-10-21(31-2)22(14-17)32-3/h7-10,14-15,19H,4-6,11-13H2,1-3H3. The third-order valence-electron chi connectivity index (χ3n) is 5.77. The SMILES string of the molecule is COc1ccc(CCOC(=O)C2CCCCN2C(=O)c2ccc(C)c([N+](=O)[O-])c2)cc1OC. The number of ether oxygens (including phenoxy) is 3. The van der Waals surface area contributed by atoms with Crippen LogP contribution in [0.2, 0.25) is 0 Å². The predicted molar refractivity (Wildman–Crippen MR) is 121 cm³/mol. The molecule has 0 bridgehead atoms. The molecule has 1 saturated heterocycles. The van der Waals surface area contributed by atoms with Crippen LogP contribution < -0.4 is 9.47 Å². The van der Waals surface area contributed by atoms with E-state index in [1.54, 1.807) is 39.3 Å². The molecular weight excluding hydrogens is 428 g/mol. The van der Waals surface area contributed by atoms with E-state index in [9.17, 15) is 19.7 Å². The minimum atomic E-state index is -0.711. The topological polar surface area (TPSA) is 108 Å². The average Bonchev–Trinajstić information content (AvgIpc) is 2.83. The van der Waals surface area contributed by atoms with Gasteiger partial charge < -0.3 is 19.1 Å². The molecule has 1 amide bonds. The zero-order valence-electron chi connectivity index (χ0n) is 19.0. The van der Waals surface area contributed by atoms with Crippen molar-refractivity contribution in [3.05, 3.63) is 63.2 Å². The minimum absolute atomic E-state index is 0.119. The van der Waals surface area contributed by atoms with Crippen LogP contribution in [0.5, 0.6) is 11.5 Å². The number of aryl methyl sites for hydroxylation is 1. The summed E-state index contributed by atoms with van der Waals surface area (Å²) in [6.07, 6.45) is 2.54. The molecule has 1 atom stereocenters. The first kappa shape index (κ1) is 24.0. The summed E-state index contributed by atoms with van der Waals surface area (Å²) in [5.41, 5.74) is 1.47. The van der Waals surface area contributed by atoms with Crippen molar-refractivity contribution in [2.24, 2.45) is 0 Å². The molecule has 33 heavy (non-hydrogen) atoms. The van der Waals surface area contributed by atoms with Gasteiger partial charge in [-0.2, -0.15) is 0 Å². The molecule has 0 N–H and O–H groups in total. The summed E-state index contributed by atoms with van der Waals surface area (Å²) in [4.78, 5) is 38.1. The van der Waals surface area contributed by atoms with E-state index in [4.69, 9.17) is 14.2 Å². The van der Waals surface area contributed by atoms with Crippen LogP contribution in [0.25, 0.3) is 0 Å². The maximum Gasteiger partial charge on any atom is 0.328 e. The number of rotatable bonds is 8. The van der Waals surface area contributed by atoms with Crippen molar-refractivity contribution in [3.63, 3.8) is 0 Å². The summed E-state index contributed by atoms with van der Waals surface area (Å²) >= 11 is 0. The number of esters is 1. The van der Waals surface area contributed by atoms with E-state index in [2.05, 4.69) is 0 Å². The van der Waals surface area contributed by atoms with Crippen LogP contribution in [-0.2, 0) is 16.0 Å². The second-order valence-electron chi connectivity index (χ2n) is 7.88. The van der Waals surface area contributed by atoms with Gasteiger partial charge in [-0.25, -0.2) is 4.79 Å². The lowest BCUT2D eigenvalue weighted by atomic mass is 10.00. The van der Waals surface area contributed by atoms with Crippen molar-refractivity contribution in [1.29, 1.82) is 0 Å². The number of benzene rings is 2. The predicted octanol–water partition coefficient (Wildman–Crippen LogP) is 3.70. The summed E-state index contributed by atoms with van der Waals surface area (Å²) in [5.74, 6) is 0.341. The van der Waals surface area contributed by atoms with Crippen molar-refractivity contribution in [2.45, 2.75) is 38.6 Å². The van der Waals surface area contributed by atoms with Crippen molar-refractivity contribution in [2.75, 3.05) is 27.4 Å². The molecule has 1 heterocycles. The highest BCUT2D eigenvalue weighted by atomic mass is 16.6. The van der Waals surface area contributed by atoms with Crippen molar-refractivity contribution in [3.8, 4) is 11.5 Å². The highest BCUT2D eigenvalue weighted by Gasteiger charge is 2.34. The number of methoxy groups -OCH3 is 2. The first-order valence-electron chi connectivity index (χ1n) is 10.8. The lowest BCUT2D eigenvalue weighted by Gasteiger charge is -2.34. The van der Waals surface area contributed by atoms with Crippen molar-refractivity contribution in [1.82, 2.24) is 4.90 Å². The van der Waals surface area contributed by atoms with Crippen LogP contribution in [0.15, 0.2) is 36.4 Å². The van der Waals surface area contributed by atoms with Gasteiger partial charge in [-0.1, -0.05) is 12.1 Å². The number of hydrogen-bond donors (Lipinski definition) is 0. The van der Waals surface area contributed by atoms with Gasteiger partial charge in [0.25, 0.3) is 11.6 Å². The molecule has 2 aromatic carbocycles. The molecule has 0 radical (unpaired) electrons. The van der Waals surface area contributed by atoms with Crippen LogP contribution in [0.3, 0.4) is 0 Å². The highest BCUT2D eigenvalue weighted by molar-refractivity contribution is 5.97. The van der Waals surface area contributed by atoms with Gasteiger partial charge in [-0.3, -0.25) is 14.9 Å². The number of nitro benzene ring substituents is 1. The number of hydrogen-bond acceptors (Lipinski definition) is 7. The third kappa shape index (κ3) is 5.60. The largest absolute Gasteiger partial charge is 0.493 e. The number of carbonyl (C=O) groups excluding carboxylic acids is 2. The van der Waals surface area contributed by atoms with Crippen LogP contribution in [-0.4, -0.2) is 55.1 Å². The Kier molecular flexibility index (Phi) is 7.87. The van der Waals surface area contributed by atoms with Crippen molar-refractivity contribution >= 4 is 17.6 Å². The Morgan fingerprint density at radius 2 is 1.85 bits per heavy atom. The van der Waals surface area contributed by atoms with Gasteiger partial charge >= 0.3 is 5.97 Å². The van der Waals surface area contributed by atoms with Crippen LogP contribution in [0, 0.1) is 17.0 Å². The number of carbonyl (C=O) groups is 2. The van der Waals surface area contributed by atoms with E-state index in [-0.39, 0.29) is 17.9 Å². The Morgan fingerprint density at radius 1 is 1.09 bits per heavy atom. The van der Waals surface area contributed by atoms with E-state index in [1.165, 1.54) is 11.0 Å². The van der Waals surface area contributed by atoms with Gasteiger partial charge in [0.15, 0.2) is 11.5 Å². The fourth-order valence-corrected chi connectivity index (χ4v) is 3.93. The van der Waals surface area contributed by atoms with Crippen LogP contribution in [0.1, 0.15) is 40.7 Å². The monoisotopic (exact) mass is 456 g/mol. The second-order valence-corrected chi connectivity index (χ2v) is 7.88. The van der Waals surface area contributed by atoms with Gasteiger partial charge in [-0.05, 0) is 49.9 Å². The van der Waals surface area contributed by atoms with Gasteiger partial charge in [0, 0.05) is 30.2 Å². The lowest BCUT2D eigenvalue weighted by molar-refractivity contribution is -0.385. The molecular formula is C24H28N2O7. The summed E-state index contributed by atoms with van der Waals surface area (Å²) in [6.45, 7) is 2.17. The summed E-state index contributed by atoms with van der Waals surface area (Å²) < 4.78 is 16.0. The number of nitro groups is 1. The normalized spacial score (nSPS) is 15.6. The third-order valence-corrected chi connectivity index (χ3v) is 5.77. The van der Waals surface area contributed by atoms with Gasteiger partial charge in [0.2, 0.25) is 0 Å². The van der Waals surface area contributed by atoms with Gasteiger partial charge in [0.05, 0.1) is 25.7 Å². The maximum atomic E-state index is 13.1. The van der Waals surface area contributed by atoms with Gasteiger partial charge in [-0.15, -0.1) is 0 Å². The Morgan fingerprint density at radius 3 is 2.55 bits per heavy atom. The second kappa shape index (κ2) is 10.8. The van der Waals surface area contributed by atoms with E-state index < -0.39 is 22.8 Å². The molecule has 9 heteroatoms. The molecule has 1 fully saturated rings. The van der Waals surface area contributed by atoms with E-state index in [0.29, 0.717) is 36.4 Å². The highest BCUT2D eigenvalue weighted by Crippen LogP contribution is 2.28. The molecule has 9 nitrogen and oxygen atoms in total. The summed E-state index contributed by atoms with van der Waals surface area (Å²) in [5, 5.41) is 11.2. The summed E-state index contributed by atoms with van der Waals surface area (Å²) in [6, 6.07) is 9.15. The van der Waals surface area contributed by atoms with E-state index in [0.717, 1.165) is 18.4 Å². The zero-order chi connectivity index (χ0) is 24.0. The molecule has 1 aliphatic rings. The quantitative estimate of drug-likeness (QED) is 0.338. The molecule has 0 saturated carbocycles. The summed E-state index contributed by atoms with van der Waals surface area (Å²) in [7, 11) is 3.12. The van der Waals surface area contributed by atoms with Crippen LogP contribution in [0.4, 0.5) is 5.69 Å². The fraction of sp³-hybridized carbons (Fsp3) is 0.417. The van der Waals surface area contributed by atoms with E-state index >= 15 is 0 Å².